The average molecular weight is 406 g/mol. The predicted octanol–water partition coefficient (Wildman–Crippen LogP) is 2.81. The fraction of sp³-hybridized carbons (Fsp3) is 0.600. The first-order valence-electron chi connectivity index (χ1n) is 7.17. The highest BCUT2D eigenvalue weighted by Gasteiger charge is 2.03. The van der Waals surface area contributed by atoms with E-state index in [1.807, 2.05) is 12.1 Å². The first-order valence-corrected chi connectivity index (χ1v) is 7.17. The minimum absolute atomic E-state index is 0. The van der Waals surface area contributed by atoms with E-state index in [1.165, 1.54) is 0 Å². The van der Waals surface area contributed by atoms with Gasteiger partial charge in [-0.1, -0.05) is 19.9 Å². The molecule has 0 saturated heterocycles. The van der Waals surface area contributed by atoms with Crippen LogP contribution in [0.2, 0.25) is 0 Å². The van der Waals surface area contributed by atoms with E-state index in [1.54, 1.807) is 13.3 Å². The number of halogens is 1. The number of nitrogens with one attached hydrogen (secondary N) is 2. The average Bonchev–Trinajstić information content (AvgIpc) is 2.44. The van der Waals surface area contributed by atoms with E-state index in [4.69, 9.17) is 4.74 Å². The second kappa shape index (κ2) is 11.6. The van der Waals surface area contributed by atoms with Crippen molar-refractivity contribution in [2.75, 3.05) is 20.2 Å². The second-order valence-electron chi connectivity index (χ2n) is 4.98. The molecule has 0 bridgehead atoms. The van der Waals surface area contributed by atoms with Crippen molar-refractivity contribution in [1.29, 1.82) is 0 Å². The van der Waals surface area contributed by atoms with Gasteiger partial charge in [0.1, 0.15) is 0 Å². The Hall–Kier alpha value is -1.05. The molecule has 6 heteroatoms. The summed E-state index contributed by atoms with van der Waals surface area (Å²) in [5, 5.41) is 6.58. The summed E-state index contributed by atoms with van der Waals surface area (Å²) in [6.07, 6.45) is 2.85. The summed E-state index contributed by atoms with van der Waals surface area (Å²) in [7, 11) is 1.63. The molecule has 0 aliphatic heterocycles. The summed E-state index contributed by atoms with van der Waals surface area (Å²) in [5.41, 5.74) is 0.982. The van der Waals surface area contributed by atoms with Crippen molar-refractivity contribution in [3.63, 3.8) is 0 Å². The van der Waals surface area contributed by atoms with E-state index >= 15 is 0 Å². The van der Waals surface area contributed by atoms with E-state index in [9.17, 15) is 0 Å². The summed E-state index contributed by atoms with van der Waals surface area (Å²) in [6, 6.07) is 3.87. The van der Waals surface area contributed by atoms with Crippen LogP contribution in [-0.2, 0) is 6.54 Å². The Kier molecular flexibility index (Phi) is 11.0. The third kappa shape index (κ3) is 8.08. The van der Waals surface area contributed by atoms with Crippen LogP contribution in [-0.4, -0.2) is 31.1 Å². The third-order valence-electron chi connectivity index (χ3n) is 2.81. The summed E-state index contributed by atoms with van der Waals surface area (Å²) >= 11 is 0. The van der Waals surface area contributed by atoms with E-state index in [0.29, 0.717) is 18.3 Å². The molecule has 0 aromatic carbocycles. The van der Waals surface area contributed by atoms with Gasteiger partial charge in [0.05, 0.1) is 13.7 Å². The van der Waals surface area contributed by atoms with Crippen molar-refractivity contribution in [3.8, 4) is 5.88 Å². The maximum Gasteiger partial charge on any atom is 0.218 e. The normalized spacial score (nSPS) is 11.0. The minimum atomic E-state index is 0. The molecule has 0 spiro atoms. The van der Waals surface area contributed by atoms with Crippen LogP contribution < -0.4 is 15.4 Å². The number of aromatic nitrogens is 1. The summed E-state index contributed by atoms with van der Waals surface area (Å²) in [5.74, 6) is 2.15. The molecule has 0 atom stereocenters. The van der Waals surface area contributed by atoms with Crippen LogP contribution in [0.5, 0.6) is 5.88 Å². The van der Waals surface area contributed by atoms with Gasteiger partial charge in [-0.25, -0.2) is 9.98 Å². The lowest BCUT2D eigenvalue weighted by Crippen LogP contribution is -2.38. The van der Waals surface area contributed by atoms with Crippen molar-refractivity contribution >= 4 is 29.9 Å². The predicted molar refractivity (Wildman–Crippen MR) is 98.5 cm³/mol. The van der Waals surface area contributed by atoms with Gasteiger partial charge in [-0.05, 0) is 25.3 Å². The molecule has 1 aromatic heterocycles. The van der Waals surface area contributed by atoms with Crippen molar-refractivity contribution in [2.45, 2.75) is 33.7 Å². The maximum absolute atomic E-state index is 5.23. The Bertz CT molecular complexity index is 424. The number of aliphatic imine (C=N–C) groups is 1. The van der Waals surface area contributed by atoms with Gasteiger partial charge in [0.15, 0.2) is 5.96 Å². The zero-order valence-corrected chi connectivity index (χ0v) is 15.7. The lowest BCUT2D eigenvalue weighted by atomic mass is 10.1. The van der Waals surface area contributed by atoms with Crippen LogP contribution in [0.3, 0.4) is 0 Å². The highest BCUT2D eigenvalue weighted by Crippen LogP contribution is 2.14. The van der Waals surface area contributed by atoms with E-state index < -0.39 is 0 Å². The van der Waals surface area contributed by atoms with Gasteiger partial charge in [0.2, 0.25) is 5.88 Å². The van der Waals surface area contributed by atoms with Crippen molar-refractivity contribution in [2.24, 2.45) is 10.9 Å². The molecule has 120 valence electrons. The fourth-order valence-corrected chi connectivity index (χ4v) is 1.71. The largest absolute Gasteiger partial charge is 0.481 e. The Balaban J connectivity index is 0.00000400. The minimum Gasteiger partial charge on any atom is -0.481 e. The van der Waals surface area contributed by atoms with Crippen LogP contribution in [0.15, 0.2) is 23.3 Å². The second-order valence-corrected chi connectivity index (χ2v) is 4.98. The molecule has 0 fully saturated rings. The van der Waals surface area contributed by atoms with Crippen LogP contribution in [0.25, 0.3) is 0 Å². The highest BCUT2D eigenvalue weighted by molar-refractivity contribution is 14.0. The summed E-state index contributed by atoms with van der Waals surface area (Å²) in [4.78, 5) is 8.74. The monoisotopic (exact) mass is 406 g/mol. The summed E-state index contributed by atoms with van der Waals surface area (Å²) in [6.45, 7) is 8.81. The van der Waals surface area contributed by atoms with Gasteiger partial charge in [0.25, 0.3) is 0 Å². The van der Waals surface area contributed by atoms with Gasteiger partial charge < -0.3 is 15.4 Å². The molecule has 1 rings (SSSR count). The number of pyridine rings is 1. The fourth-order valence-electron chi connectivity index (χ4n) is 1.71. The first kappa shape index (κ1) is 19.9. The van der Waals surface area contributed by atoms with E-state index in [2.05, 4.69) is 41.4 Å². The highest BCUT2D eigenvalue weighted by atomic mass is 127. The van der Waals surface area contributed by atoms with Gasteiger partial charge in [-0.3, -0.25) is 0 Å². The standard InChI is InChI=1S/C15H26N4O.HI/c1-5-16-15(18-10-8-12(2)3)19-11-13-7-6-9-17-14(13)20-4;/h6-7,9,12H,5,8,10-11H2,1-4H3,(H2,16,18,19);1H. The quantitative estimate of drug-likeness (QED) is 0.416. The Labute approximate surface area is 145 Å². The van der Waals surface area contributed by atoms with Crippen LogP contribution in [0, 0.1) is 5.92 Å². The molecule has 0 saturated carbocycles. The SMILES string of the molecule is CCNC(=NCc1cccnc1OC)NCCC(C)C.I. The number of rotatable bonds is 7. The van der Waals surface area contributed by atoms with Gasteiger partial charge in [-0.15, -0.1) is 24.0 Å². The molecule has 21 heavy (non-hydrogen) atoms. The molecule has 0 unspecified atom stereocenters. The van der Waals surface area contributed by atoms with Crippen LogP contribution in [0.1, 0.15) is 32.8 Å². The topological polar surface area (TPSA) is 58.5 Å². The molecule has 0 amide bonds. The molecule has 5 nitrogen and oxygen atoms in total. The lowest BCUT2D eigenvalue weighted by molar-refractivity contribution is 0.392. The lowest BCUT2D eigenvalue weighted by Gasteiger charge is -2.12. The van der Waals surface area contributed by atoms with E-state index in [-0.39, 0.29) is 24.0 Å². The Morgan fingerprint density at radius 1 is 1.38 bits per heavy atom. The first-order chi connectivity index (χ1) is 9.67. The number of nitrogens with zero attached hydrogens (tertiary/aromatic N) is 2. The van der Waals surface area contributed by atoms with Gasteiger partial charge in [0, 0.05) is 24.8 Å². The molecule has 0 aliphatic carbocycles. The molecular formula is C15H27IN4O. The molecule has 1 heterocycles. The zero-order valence-electron chi connectivity index (χ0n) is 13.3. The van der Waals surface area contributed by atoms with Crippen molar-refractivity contribution < 1.29 is 4.74 Å². The number of guanidine groups is 1. The Morgan fingerprint density at radius 2 is 2.14 bits per heavy atom. The van der Waals surface area contributed by atoms with Crippen molar-refractivity contribution in [1.82, 2.24) is 15.6 Å². The molecule has 0 aliphatic rings. The number of methoxy groups -OCH3 is 1. The molecule has 1 aromatic rings. The summed E-state index contributed by atoms with van der Waals surface area (Å²) < 4.78 is 5.23. The van der Waals surface area contributed by atoms with Gasteiger partial charge in [-0.2, -0.15) is 0 Å². The van der Waals surface area contributed by atoms with E-state index in [0.717, 1.165) is 31.0 Å². The molecule has 2 N–H and O–H groups in total. The maximum atomic E-state index is 5.23. The smallest absolute Gasteiger partial charge is 0.218 e. The van der Waals surface area contributed by atoms with Crippen LogP contribution in [0.4, 0.5) is 0 Å². The number of hydrogen-bond acceptors (Lipinski definition) is 3. The van der Waals surface area contributed by atoms with Crippen LogP contribution >= 0.6 is 24.0 Å². The van der Waals surface area contributed by atoms with Gasteiger partial charge >= 0.3 is 0 Å². The molecule has 0 radical (unpaired) electrons. The number of ether oxygens (including phenoxy) is 1. The Morgan fingerprint density at radius 3 is 2.76 bits per heavy atom. The van der Waals surface area contributed by atoms with Crippen molar-refractivity contribution in [3.05, 3.63) is 23.9 Å². The zero-order chi connectivity index (χ0) is 14.8. The molecular weight excluding hydrogens is 379 g/mol. The number of hydrogen-bond donors (Lipinski definition) is 2. The third-order valence-corrected chi connectivity index (χ3v) is 2.81.